The van der Waals surface area contributed by atoms with E-state index in [-0.39, 0.29) is 23.4 Å². The summed E-state index contributed by atoms with van der Waals surface area (Å²) in [6.45, 7) is 6.01. The van der Waals surface area contributed by atoms with Gasteiger partial charge in [-0.15, -0.1) is 0 Å². The second-order valence-corrected chi connectivity index (χ2v) is 7.76. The van der Waals surface area contributed by atoms with Crippen LogP contribution >= 0.6 is 23.2 Å². The first-order chi connectivity index (χ1) is 14.4. The molecule has 2 unspecified atom stereocenters. The molecule has 0 spiro atoms. The molecule has 9 heteroatoms. The molecular weight excluding hydrogens is 432 g/mol. The summed E-state index contributed by atoms with van der Waals surface area (Å²) in [5, 5.41) is 3.34. The summed E-state index contributed by atoms with van der Waals surface area (Å²) in [5.41, 5.74) is 0.395. The van der Waals surface area contributed by atoms with Crippen molar-refractivity contribution >= 4 is 29.1 Å². The average molecular weight is 456 g/mol. The Morgan fingerprint density at radius 1 is 1.37 bits per heavy atom. The van der Waals surface area contributed by atoms with Crippen molar-refractivity contribution in [3.8, 4) is 5.88 Å². The summed E-state index contributed by atoms with van der Waals surface area (Å²) < 4.78 is 25.6. The Morgan fingerprint density at radius 3 is 2.87 bits per heavy atom. The van der Waals surface area contributed by atoms with Crippen molar-refractivity contribution in [1.82, 2.24) is 15.2 Å². The van der Waals surface area contributed by atoms with Gasteiger partial charge in [-0.1, -0.05) is 29.3 Å². The fourth-order valence-electron chi connectivity index (χ4n) is 3.46. The molecule has 2 heterocycles. The summed E-state index contributed by atoms with van der Waals surface area (Å²) in [5.74, 6) is -0.585. The van der Waals surface area contributed by atoms with Crippen molar-refractivity contribution in [1.29, 1.82) is 0 Å². The Kier molecular flexibility index (Phi) is 7.88. The van der Waals surface area contributed by atoms with Crippen LogP contribution in [0.4, 0.5) is 4.39 Å². The van der Waals surface area contributed by atoms with Crippen LogP contribution in [0.3, 0.4) is 0 Å². The summed E-state index contributed by atoms with van der Waals surface area (Å²) in [6, 6.07) is 7.25. The Bertz CT molecular complexity index is 880. The monoisotopic (exact) mass is 455 g/mol. The minimum Gasteiger partial charge on any atom is -0.478 e. The Labute approximate surface area is 185 Å². The first kappa shape index (κ1) is 22.7. The number of pyridine rings is 1. The van der Waals surface area contributed by atoms with E-state index in [2.05, 4.69) is 15.2 Å². The maximum Gasteiger partial charge on any atom is 0.271 e. The van der Waals surface area contributed by atoms with Gasteiger partial charge in [0, 0.05) is 36.3 Å². The Balaban J connectivity index is 1.83. The molecule has 0 bridgehead atoms. The predicted octanol–water partition coefficient (Wildman–Crippen LogP) is 4.12. The molecule has 2 atom stereocenters. The highest BCUT2D eigenvalue weighted by Gasteiger charge is 2.30. The molecular formula is C21H24Cl2FN3O3. The highest BCUT2D eigenvalue weighted by atomic mass is 35.5. The van der Waals surface area contributed by atoms with Crippen LogP contribution in [-0.4, -0.2) is 54.7 Å². The van der Waals surface area contributed by atoms with E-state index in [0.717, 1.165) is 0 Å². The van der Waals surface area contributed by atoms with E-state index in [1.54, 1.807) is 24.3 Å². The number of morpholine rings is 1. The normalized spacial score (nSPS) is 18.1. The van der Waals surface area contributed by atoms with Crippen molar-refractivity contribution in [2.45, 2.75) is 26.0 Å². The summed E-state index contributed by atoms with van der Waals surface area (Å²) in [7, 11) is 0. The molecule has 1 aromatic heterocycles. The van der Waals surface area contributed by atoms with Gasteiger partial charge in [-0.3, -0.25) is 9.69 Å². The molecule has 1 aliphatic rings. The second-order valence-electron chi connectivity index (χ2n) is 6.95. The zero-order valence-corrected chi connectivity index (χ0v) is 18.3. The maximum absolute atomic E-state index is 14.7. The molecule has 162 valence electrons. The highest BCUT2D eigenvalue weighted by molar-refractivity contribution is 6.33. The quantitative estimate of drug-likeness (QED) is 0.680. The number of hydrogen-bond donors (Lipinski definition) is 1. The number of amides is 1. The van der Waals surface area contributed by atoms with E-state index >= 15 is 0 Å². The third kappa shape index (κ3) is 5.40. The van der Waals surface area contributed by atoms with E-state index in [4.69, 9.17) is 32.7 Å². The van der Waals surface area contributed by atoms with Crippen molar-refractivity contribution in [2.24, 2.45) is 0 Å². The fourth-order valence-corrected chi connectivity index (χ4v) is 3.94. The largest absolute Gasteiger partial charge is 0.478 e. The van der Waals surface area contributed by atoms with Crippen molar-refractivity contribution in [3.63, 3.8) is 0 Å². The summed E-state index contributed by atoms with van der Waals surface area (Å²) >= 11 is 12.5. The number of nitrogens with zero attached hydrogens (tertiary/aromatic N) is 2. The minimum atomic E-state index is -0.472. The number of halogens is 3. The fraction of sp³-hybridized carbons (Fsp3) is 0.429. The van der Waals surface area contributed by atoms with Crippen LogP contribution in [0.2, 0.25) is 10.0 Å². The van der Waals surface area contributed by atoms with Crippen LogP contribution < -0.4 is 10.1 Å². The lowest BCUT2D eigenvalue weighted by Crippen LogP contribution is -2.47. The summed E-state index contributed by atoms with van der Waals surface area (Å²) in [6.07, 6.45) is -0.0125. The maximum atomic E-state index is 14.7. The molecule has 2 aromatic rings. The molecule has 1 N–H and O–H groups in total. The van der Waals surface area contributed by atoms with Crippen molar-refractivity contribution in [3.05, 3.63) is 57.5 Å². The van der Waals surface area contributed by atoms with Crippen LogP contribution in [0.15, 0.2) is 30.3 Å². The van der Waals surface area contributed by atoms with Crippen LogP contribution in [0.1, 0.15) is 35.9 Å². The van der Waals surface area contributed by atoms with Gasteiger partial charge in [0.1, 0.15) is 5.82 Å². The van der Waals surface area contributed by atoms with E-state index in [1.165, 1.54) is 6.07 Å². The molecule has 1 fully saturated rings. The lowest BCUT2D eigenvalue weighted by molar-refractivity contribution is -0.0346. The van der Waals surface area contributed by atoms with Gasteiger partial charge in [0.2, 0.25) is 5.88 Å². The number of ether oxygens (including phenoxy) is 2. The Hall–Kier alpha value is -1.93. The number of aromatic nitrogens is 1. The standard InChI is InChI=1S/C21H24Cl2FN3O3/c1-3-29-18-8-7-15(23)20(26-18)21(28)25-11-17(27-9-10-30-13(2)12-27)19-14(22)5-4-6-16(19)24/h4-8,13,17H,3,9-12H2,1-2H3,(H,25,28). The lowest BCUT2D eigenvalue weighted by Gasteiger charge is -2.38. The Morgan fingerprint density at radius 2 is 2.17 bits per heavy atom. The van der Waals surface area contributed by atoms with E-state index in [1.807, 2.05) is 13.8 Å². The number of rotatable bonds is 7. The molecule has 0 saturated carbocycles. The zero-order valence-electron chi connectivity index (χ0n) is 16.8. The molecule has 1 amide bonds. The molecule has 0 radical (unpaired) electrons. The van der Waals surface area contributed by atoms with E-state index in [0.29, 0.717) is 42.8 Å². The number of carbonyl (C=O) groups excluding carboxylic acids is 1. The molecule has 1 saturated heterocycles. The zero-order chi connectivity index (χ0) is 21.7. The van der Waals surface area contributed by atoms with Crippen LogP contribution in [0.5, 0.6) is 5.88 Å². The van der Waals surface area contributed by atoms with Gasteiger partial charge in [-0.25, -0.2) is 9.37 Å². The molecule has 1 aromatic carbocycles. The van der Waals surface area contributed by atoms with Crippen LogP contribution in [0, 0.1) is 5.82 Å². The number of hydrogen-bond acceptors (Lipinski definition) is 5. The van der Waals surface area contributed by atoms with Gasteiger partial charge >= 0.3 is 0 Å². The highest BCUT2D eigenvalue weighted by Crippen LogP contribution is 2.31. The minimum absolute atomic E-state index is 0.0125. The van der Waals surface area contributed by atoms with Gasteiger partial charge in [0.05, 0.1) is 30.4 Å². The smallest absolute Gasteiger partial charge is 0.271 e. The topological polar surface area (TPSA) is 63.7 Å². The average Bonchev–Trinajstić information content (AvgIpc) is 2.71. The second kappa shape index (κ2) is 10.4. The molecule has 1 aliphatic heterocycles. The van der Waals surface area contributed by atoms with Crippen LogP contribution in [-0.2, 0) is 4.74 Å². The van der Waals surface area contributed by atoms with Crippen molar-refractivity contribution in [2.75, 3.05) is 32.8 Å². The molecule has 6 nitrogen and oxygen atoms in total. The van der Waals surface area contributed by atoms with Gasteiger partial charge in [0.15, 0.2) is 5.69 Å². The SMILES string of the molecule is CCOc1ccc(Cl)c(C(=O)NCC(c2c(F)cccc2Cl)N2CCOC(C)C2)n1. The van der Waals surface area contributed by atoms with Gasteiger partial charge in [-0.2, -0.15) is 0 Å². The first-order valence-corrected chi connectivity index (χ1v) is 10.5. The van der Waals surface area contributed by atoms with Gasteiger partial charge in [-0.05, 0) is 32.0 Å². The molecule has 0 aliphatic carbocycles. The number of benzene rings is 1. The van der Waals surface area contributed by atoms with Gasteiger partial charge < -0.3 is 14.8 Å². The van der Waals surface area contributed by atoms with E-state index < -0.39 is 17.8 Å². The van der Waals surface area contributed by atoms with Crippen LogP contribution in [0.25, 0.3) is 0 Å². The number of carbonyl (C=O) groups is 1. The van der Waals surface area contributed by atoms with Crippen molar-refractivity contribution < 1.29 is 18.7 Å². The van der Waals surface area contributed by atoms with E-state index in [9.17, 15) is 9.18 Å². The summed E-state index contributed by atoms with van der Waals surface area (Å²) in [4.78, 5) is 19.0. The molecule has 30 heavy (non-hydrogen) atoms. The predicted molar refractivity (Wildman–Crippen MR) is 114 cm³/mol. The number of nitrogens with one attached hydrogen (secondary N) is 1. The lowest BCUT2D eigenvalue weighted by atomic mass is 10.0. The van der Waals surface area contributed by atoms with Gasteiger partial charge in [0.25, 0.3) is 5.91 Å². The third-order valence-corrected chi connectivity index (χ3v) is 5.46. The third-order valence-electron chi connectivity index (χ3n) is 4.83. The molecule has 3 rings (SSSR count). The first-order valence-electron chi connectivity index (χ1n) is 9.77.